The predicted octanol–water partition coefficient (Wildman–Crippen LogP) is 4.79. The molecule has 0 aliphatic carbocycles. The predicted molar refractivity (Wildman–Crippen MR) is 101 cm³/mol. The summed E-state index contributed by atoms with van der Waals surface area (Å²) >= 11 is -1.89. The van der Waals surface area contributed by atoms with Crippen molar-refractivity contribution in [2.75, 3.05) is 0 Å². The van der Waals surface area contributed by atoms with Gasteiger partial charge in [-0.05, 0) is 0 Å². The van der Waals surface area contributed by atoms with Gasteiger partial charge in [0.25, 0.3) is 0 Å². The van der Waals surface area contributed by atoms with Crippen LogP contribution < -0.4 is 6.54 Å². The summed E-state index contributed by atoms with van der Waals surface area (Å²) in [5.41, 5.74) is 5.93. The van der Waals surface area contributed by atoms with Crippen LogP contribution in [0.25, 0.3) is 0 Å². The Morgan fingerprint density at radius 1 is 0.682 bits per heavy atom. The third kappa shape index (κ3) is 3.80. The molecule has 0 amide bonds. The Balaban J connectivity index is 2.56. The molecule has 0 heterocycles. The second-order valence-electron chi connectivity index (χ2n) is 6.99. The molecular formula is C21H29Bi. The van der Waals surface area contributed by atoms with Crippen LogP contribution in [0.2, 0.25) is 4.63 Å². The molecule has 2 aromatic carbocycles. The Morgan fingerprint density at radius 2 is 1.05 bits per heavy atom. The Morgan fingerprint density at radius 3 is 1.36 bits per heavy atom. The third-order valence-electron chi connectivity index (χ3n) is 4.33. The molecule has 2 rings (SSSR count). The molecule has 0 nitrogen and oxygen atoms in total. The quantitative estimate of drug-likeness (QED) is 0.541. The van der Waals surface area contributed by atoms with Gasteiger partial charge < -0.3 is 0 Å². The van der Waals surface area contributed by atoms with Gasteiger partial charge in [-0.15, -0.1) is 0 Å². The van der Waals surface area contributed by atoms with E-state index in [2.05, 4.69) is 82.6 Å². The first-order valence-electron chi connectivity index (χ1n) is 8.26. The number of benzene rings is 2. The minimum absolute atomic E-state index is 0.611. The van der Waals surface area contributed by atoms with E-state index in [0.717, 1.165) is 0 Å². The zero-order chi connectivity index (χ0) is 16.4. The Hall–Kier alpha value is -0.677. The van der Waals surface area contributed by atoms with E-state index >= 15 is 0 Å². The van der Waals surface area contributed by atoms with Gasteiger partial charge in [0, 0.05) is 0 Å². The first-order valence-corrected chi connectivity index (χ1v) is 15.2. The van der Waals surface area contributed by atoms with Crippen molar-refractivity contribution in [2.24, 2.45) is 0 Å². The minimum atomic E-state index is -1.89. The van der Waals surface area contributed by atoms with Crippen molar-refractivity contribution in [3.8, 4) is 0 Å². The molecule has 118 valence electrons. The second-order valence-corrected chi connectivity index (χ2v) is 15.1. The Labute approximate surface area is 144 Å². The average molecular weight is 490 g/mol. The standard InChI is InChI=1S/2C10H13.CH3.Bi/c2*1-8(2)10-6-4-5-9(3)7-10;;/h2*4-5,7-8H,1-3H3;1H3;. The fourth-order valence-electron chi connectivity index (χ4n) is 3.01. The molecular weight excluding hydrogens is 461 g/mol. The molecule has 2 aromatic rings. The molecule has 0 atom stereocenters. The van der Waals surface area contributed by atoms with E-state index in [-0.39, 0.29) is 0 Å². The number of hydrogen-bond donors (Lipinski definition) is 0. The molecule has 22 heavy (non-hydrogen) atoms. The summed E-state index contributed by atoms with van der Waals surface area (Å²) in [6, 6.07) is 14.3. The molecule has 0 N–H and O–H groups in total. The van der Waals surface area contributed by atoms with E-state index < -0.39 is 21.8 Å². The first-order chi connectivity index (χ1) is 10.3. The van der Waals surface area contributed by atoms with E-state index in [0.29, 0.717) is 11.8 Å². The molecule has 0 saturated carbocycles. The fourth-order valence-corrected chi connectivity index (χ4v) is 11.9. The van der Waals surface area contributed by atoms with E-state index in [1.807, 2.05) is 0 Å². The van der Waals surface area contributed by atoms with Gasteiger partial charge in [0.1, 0.15) is 0 Å². The van der Waals surface area contributed by atoms with E-state index in [9.17, 15) is 0 Å². The molecule has 0 fully saturated rings. The summed E-state index contributed by atoms with van der Waals surface area (Å²) in [7, 11) is 0. The zero-order valence-corrected chi connectivity index (χ0v) is 18.5. The van der Waals surface area contributed by atoms with Crippen LogP contribution in [0.1, 0.15) is 61.8 Å². The van der Waals surface area contributed by atoms with Gasteiger partial charge in [-0.3, -0.25) is 0 Å². The number of rotatable bonds is 4. The van der Waals surface area contributed by atoms with Crippen molar-refractivity contribution in [3.63, 3.8) is 0 Å². The maximum atomic E-state index is 2.56. The fraction of sp³-hybridized carbons (Fsp3) is 0.429. The van der Waals surface area contributed by atoms with Gasteiger partial charge in [0.15, 0.2) is 0 Å². The van der Waals surface area contributed by atoms with Crippen LogP contribution in [0.4, 0.5) is 0 Å². The van der Waals surface area contributed by atoms with Crippen LogP contribution in [0.3, 0.4) is 0 Å². The second kappa shape index (κ2) is 7.26. The first kappa shape index (κ1) is 17.7. The van der Waals surface area contributed by atoms with E-state index in [1.165, 1.54) is 11.1 Å². The molecule has 1 heteroatoms. The van der Waals surface area contributed by atoms with Crippen LogP contribution in [0.15, 0.2) is 36.4 Å². The molecule has 0 radical (unpaired) electrons. The topological polar surface area (TPSA) is 0 Å². The van der Waals surface area contributed by atoms with Crippen LogP contribution in [-0.4, -0.2) is 21.8 Å². The van der Waals surface area contributed by atoms with Crippen LogP contribution in [0.5, 0.6) is 0 Å². The van der Waals surface area contributed by atoms with E-state index in [1.54, 1.807) is 17.7 Å². The molecule has 0 aromatic heterocycles. The molecule has 0 bridgehead atoms. The Kier molecular flexibility index (Phi) is 5.83. The summed E-state index contributed by atoms with van der Waals surface area (Å²) in [5, 5.41) is 0. The van der Waals surface area contributed by atoms with Crippen molar-refractivity contribution in [1.82, 2.24) is 0 Å². The van der Waals surface area contributed by atoms with Gasteiger partial charge in [-0.25, -0.2) is 0 Å². The summed E-state index contributed by atoms with van der Waals surface area (Å²) in [6.07, 6.45) is 0. The molecule has 0 saturated heterocycles. The molecule has 0 spiro atoms. The number of hydrogen-bond acceptors (Lipinski definition) is 0. The third-order valence-corrected chi connectivity index (χ3v) is 13.1. The van der Waals surface area contributed by atoms with Gasteiger partial charge in [0.2, 0.25) is 0 Å². The van der Waals surface area contributed by atoms with Crippen molar-refractivity contribution >= 4 is 28.3 Å². The van der Waals surface area contributed by atoms with Gasteiger partial charge in [-0.2, -0.15) is 0 Å². The molecule has 0 unspecified atom stereocenters. The Bertz CT molecular complexity index is 595. The van der Waals surface area contributed by atoms with Gasteiger partial charge in [0.05, 0.1) is 0 Å². The normalized spacial score (nSPS) is 11.7. The summed E-state index contributed by atoms with van der Waals surface area (Å²) < 4.78 is 5.92. The van der Waals surface area contributed by atoms with Crippen LogP contribution in [-0.2, 0) is 0 Å². The van der Waals surface area contributed by atoms with Crippen molar-refractivity contribution < 1.29 is 0 Å². The van der Waals surface area contributed by atoms with E-state index in [4.69, 9.17) is 0 Å². The van der Waals surface area contributed by atoms with Crippen molar-refractivity contribution in [2.45, 2.75) is 58.0 Å². The maximum absolute atomic E-state index is 2.56. The SMILES string of the molecule is Cc1cc[c]([Bi]([CH3])[c]2ccc(C)cc2C(C)C)c(C(C)C)c1. The average Bonchev–Trinajstić information content (AvgIpc) is 2.46. The summed E-state index contributed by atoms with van der Waals surface area (Å²) in [4.78, 5) is 0. The monoisotopic (exact) mass is 490 g/mol. The van der Waals surface area contributed by atoms with Crippen LogP contribution in [0, 0.1) is 13.8 Å². The van der Waals surface area contributed by atoms with Crippen molar-refractivity contribution in [1.29, 1.82) is 0 Å². The van der Waals surface area contributed by atoms with Crippen LogP contribution >= 0.6 is 0 Å². The number of aryl methyl sites for hydroxylation is 2. The zero-order valence-electron chi connectivity index (χ0n) is 15.1. The van der Waals surface area contributed by atoms with Gasteiger partial charge >= 0.3 is 145 Å². The molecule has 0 aliphatic rings. The molecule has 0 aliphatic heterocycles. The summed E-state index contributed by atoms with van der Waals surface area (Å²) in [5.74, 6) is 1.22. The van der Waals surface area contributed by atoms with Crippen molar-refractivity contribution in [3.05, 3.63) is 58.7 Å². The van der Waals surface area contributed by atoms with Gasteiger partial charge in [-0.1, -0.05) is 0 Å². The summed E-state index contributed by atoms with van der Waals surface area (Å²) in [6.45, 7) is 13.7.